The van der Waals surface area contributed by atoms with Gasteiger partial charge in [-0.2, -0.15) is 0 Å². The van der Waals surface area contributed by atoms with Crippen molar-refractivity contribution in [3.05, 3.63) is 45.0 Å². The SMILES string of the molecule is Cc1cn(C2CC2)c2c(Cl)c(F)ccc2c1=O. The van der Waals surface area contributed by atoms with Gasteiger partial charge in [-0.15, -0.1) is 0 Å². The Bertz CT molecular complexity index is 673. The van der Waals surface area contributed by atoms with E-state index in [1.165, 1.54) is 12.1 Å². The molecule has 0 radical (unpaired) electrons. The lowest BCUT2D eigenvalue weighted by molar-refractivity contribution is 0.627. The molecular weight excluding hydrogens is 241 g/mol. The third-order valence-electron chi connectivity index (χ3n) is 3.20. The van der Waals surface area contributed by atoms with Crippen LogP contribution in [0.15, 0.2) is 23.1 Å². The fraction of sp³-hybridized carbons (Fsp3) is 0.308. The summed E-state index contributed by atoms with van der Waals surface area (Å²) in [6, 6.07) is 3.13. The zero-order valence-electron chi connectivity index (χ0n) is 9.34. The molecule has 0 spiro atoms. The van der Waals surface area contributed by atoms with E-state index >= 15 is 0 Å². The van der Waals surface area contributed by atoms with E-state index in [0.29, 0.717) is 22.5 Å². The second kappa shape index (κ2) is 3.57. The predicted octanol–water partition coefficient (Wildman–Crippen LogP) is 3.44. The van der Waals surface area contributed by atoms with Crippen LogP contribution in [0.3, 0.4) is 0 Å². The van der Waals surface area contributed by atoms with Gasteiger partial charge in [0.2, 0.25) is 0 Å². The van der Waals surface area contributed by atoms with Crippen molar-refractivity contribution in [1.29, 1.82) is 0 Å². The van der Waals surface area contributed by atoms with Crippen LogP contribution in [-0.2, 0) is 0 Å². The molecule has 1 aliphatic rings. The molecule has 2 nitrogen and oxygen atoms in total. The number of aryl methyl sites for hydroxylation is 1. The molecule has 1 fully saturated rings. The monoisotopic (exact) mass is 251 g/mol. The molecule has 0 aliphatic heterocycles. The van der Waals surface area contributed by atoms with Gasteiger partial charge in [-0.05, 0) is 31.9 Å². The Balaban J connectivity index is 2.51. The number of hydrogen-bond acceptors (Lipinski definition) is 1. The highest BCUT2D eigenvalue weighted by Gasteiger charge is 2.26. The molecule has 17 heavy (non-hydrogen) atoms. The van der Waals surface area contributed by atoms with Gasteiger partial charge in [-0.25, -0.2) is 4.39 Å². The molecule has 1 aromatic carbocycles. The molecular formula is C13H11ClFNO. The van der Waals surface area contributed by atoms with Crippen LogP contribution in [-0.4, -0.2) is 4.57 Å². The maximum absolute atomic E-state index is 13.5. The fourth-order valence-electron chi connectivity index (χ4n) is 2.16. The molecule has 1 aliphatic carbocycles. The predicted molar refractivity (Wildman–Crippen MR) is 66.2 cm³/mol. The minimum atomic E-state index is -0.475. The normalized spacial score (nSPS) is 15.5. The number of halogens is 2. The maximum Gasteiger partial charge on any atom is 0.192 e. The summed E-state index contributed by atoms with van der Waals surface area (Å²) in [5.41, 5.74) is 1.13. The first-order chi connectivity index (χ1) is 8.09. The number of hydrogen-bond donors (Lipinski definition) is 0. The highest BCUT2D eigenvalue weighted by Crippen LogP contribution is 2.38. The average molecular weight is 252 g/mol. The van der Waals surface area contributed by atoms with E-state index in [0.717, 1.165) is 12.8 Å². The van der Waals surface area contributed by atoms with E-state index in [1.54, 1.807) is 13.1 Å². The molecule has 0 unspecified atom stereocenters. The Kier molecular flexibility index (Phi) is 2.26. The lowest BCUT2D eigenvalue weighted by Gasteiger charge is -2.12. The molecule has 1 heterocycles. The summed E-state index contributed by atoms with van der Waals surface area (Å²) in [6.07, 6.45) is 3.90. The van der Waals surface area contributed by atoms with Gasteiger partial charge < -0.3 is 4.57 Å². The summed E-state index contributed by atoms with van der Waals surface area (Å²) >= 11 is 5.99. The van der Waals surface area contributed by atoms with Crippen molar-refractivity contribution >= 4 is 22.5 Å². The van der Waals surface area contributed by atoms with Crippen LogP contribution in [0.2, 0.25) is 5.02 Å². The van der Waals surface area contributed by atoms with Crippen LogP contribution in [0.25, 0.3) is 10.9 Å². The van der Waals surface area contributed by atoms with Gasteiger partial charge in [-0.3, -0.25) is 4.79 Å². The van der Waals surface area contributed by atoms with Crippen molar-refractivity contribution in [3.8, 4) is 0 Å². The Labute approximate surface area is 103 Å². The number of benzene rings is 1. The van der Waals surface area contributed by atoms with Crippen LogP contribution in [0, 0.1) is 12.7 Å². The van der Waals surface area contributed by atoms with Gasteiger partial charge in [0.25, 0.3) is 0 Å². The first-order valence-corrected chi connectivity index (χ1v) is 5.97. The van der Waals surface area contributed by atoms with E-state index in [4.69, 9.17) is 11.6 Å². The Morgan fingerprint density at radius 1 is 1.41 bits per heavy atom. The molecule has 0 atom stereocenters. The molecule has 0 saturated heterocycles. The summed E-state index contributed by atoms with van der Waals surface area (Å²) in [5.74, 6) is -0.475. The standard InChI is InChI=1S/C13H11ClFNO/c1-7-6-16(8-2-3-8)12-9(13(7)17)4-5-10(15)11(12)14/h4-6,8H,2-3H2,1H3. The lowest BCUT2D eigenvalue weighted by atomic mass is 10.1. The molecule has 0 amide bonds. The van der Waals surface area contributed by atoms with Crippen LogP contribution in [0.1, 0.15) is 24.4 Å². The first kappa shape index (κ1) is 10.8. The summed E-state index contributed by atoms with van der Waals surface area (Å²) in [4.78, 5) is 12.0. The average Bonchev–Trinajstić information content (AvgIpc) is 3.12. The minimum Gasteiger partial charge on any atom is -0.343 e. The van der Waals surface area contributed by atoms with E-state index in [-0.39, 0.29) is 10.5 Å². The molecule has 3 rings (SSSR count). The van der Waals surface area contributed by atoms with Crippen molar-refractivity contribution in [2.45, 2.75) is 25.8 Å². The van der Waals surface area contributed by atoms with Crippen molar-refractivity contribution in [2.24, 2.45) is 0 Å². The number of aromatic nitrogens is 1. The largest absolute Gasteiger partial charge is 0.343 e. The van der Waals surface area contributed by atoms with Crippen molar-refractivity contribution in [2.75, 3.05) is 0 Å². The highest BCUT2D eigenvalue weighted by atomic mass is 35.5. The van der Waals surface area contributed by atoms with E-state index in [9.17, 15) is 9.18 Å². The van der Waals surface area contributed by atoms with Gasteiger partial charge in [0.05, 0.1) is 5.52 Å². The van der Waals surface area contributed by atoms with Crippen molar-refractivity contribution in [1.82, 2.24) is 4.57 Å². The number of nitrogens with zero attached hydrogens (tertiary/aromatic N) is 1. The second-order valence-corrected chi connectivity index (χ2v) is 4.92. The molecule has 2 aromatic rings. The van der Waals surface area contributed by atoms with Gasteiger partial charge in [0.15, 0.2) is 5.43 Å². The van der Waals surface area contributed by atoms with Crippen LogP contribution >= 0.6 is 11.6 Å². The maximum atomic E-state index is 13.5. The van der Waals surface area contributed by atoms with E-state index in [1.807, 2.05) is 4.57 Å². The zero-order valence-corrected chi connectivity index (χ0v) is 10.1. The van der Waals surface area contributed by atoms with Crippen molar-refractivity contribution < 1.29 is 4.39 Å². The summed E-state index contributed by atoms with van der Waals surface area (Å²) in [7, 11) is 0. The van der Waals surface area contributed by atoms with Crippen LogP contribution < -0.4 is 5.43 Å². The van der Waals surface area contributed by atoms with Gasteiger partial charge in [-0.1, -0.05) is 11.6 Å². The Hall–Kier alpha value is -1.35. The molecule has 0 N–H and O–H groups in total. The minimum absolute atomic E-state index is 0.0477. The molecule has 1 aromatic heterocycles. The summed E-state index contributed by atoms with van der Waals surface area (Å²) in [5, 5.41) is 0.551. The molecule has 0 bridgehead atoms. The first-order valence-electron chi connectivity index (χ1n) is 5.59. The Morgan fingerprint density at radius 3 is 2.76 bits per heavy atom. The third kappa shape index (κ3) is 1.57. The van der Waals surface area contributed by atoms with Gasteiger partial charge in [0.1, 0.15) is 10.8 Å². The quantitative estimate of drug-likeness (QED) is 0.761. The lowest BCUT2D eigenvalue weighted by Crippen LogP contribution is -2.12. The highest BCUT2D eigenvalue weighted by molar-refractivity contribution is 6.35. The number of rotatable bonds is 1. The zero-order chi connectivity index (χ0) is 12.2. The van der Waals surface area contributed by atoms with E-state index in [2.05, 4.69) is 0 Å². The number of fused-ring (bicyclic) bond motifs is 1. The van der Waals surface area contributed by atoms with Gasteiger partial charge >= 0.3 is 0 Å². The molecule has 1 saturated carbocycles. The van der Waals surface area contributed by atoms with Crippen LogP contribution in [0.4, 0.5) is 4.39 Å². The topological polar surface area (TPSA) is 22.0 Å². The van der Waals surface area contributed by atoms with Crippen LogP contribution in [0.5, 0.6) is 0 Å². The Morgan fingerprint density at radius 2 is 2.12 bits per heavy atom. The van der Waals surface area contributed by atoms with Gasteiger partial charge in [0, 0.05) is 23.2 Å². The van der Waals surface area contributed by atoms with E-state index < -0.39 is 5.82 Å². The smallest absolute Gasteiger partial charge is 0.192 e. The summed E-state index contributed by atoms with van der Waals surface area (Å²) in [6.45, 7) is 1.78. The van der Waals surface area contributed by atoms with Crippen molar-refractivity contribution in [3.63, 3.8) is 0 Å². The number of pyridine rings is 1. The molecule has 4 heteroatoms. The fourth-order valence-corrected chi connectivity index (χ4v) is 2.42. The second-order valence-electron chi connectivity index (χ2n) is 4.54. The third-order valence-corrected chi connectivity index (χ3v) is 3.56. The summed E-state index contributed by atoms with van der Waals surface area (Å²) < 4.78 is 15.4. The molecule has 88 valence electrons.